The van der Waals surface area contributed by atoms with E-state index < -0.39 is 6.36 Å². The highest BCUT2D eigenvalue weighted by Crippen LogP contribution is 2.33. The van der Waals surface area contributed by atoms with Crippen LogP contribution < -0.4 is 10.1 Å². The lowest BCUT2D eigenvalue weighted by Gasteiger charge is -2.12. The zero-order valence-electron chi connectivity index (χ0n) is 9.58. The zero-order valence-corrected chi connectivity index (χ0v) is 11.9. The van der Waals surface area contributed by atoms with Crippen LogP contribution in [0.15, 0.2) is 35.1 Å². The second-order valence-electron chi connectivity index (χ2n) is 3.55. The molecule has 20 heavy (non-hydrogen) atoms. The van der Waals surface area contributed by atoms with Crippen molar-refractivity contribution >= 4 is 39.0 Å². The first-order valence-corrected chi connectivity index (χ1v) is 6.30. The average Bonchev–Trinajstić information content (AvgIpc) is 2.31. The highest BCUT2D eigenvalue weighted by atomic mass is 79.9. The molecule has 4 nitrogen and oxygen atoms in total. The minimum Gasteiger partial charge on any atom is -0.405 e. The Balaban J connectivity index is 2.17. The molecule has 0 aliphatic carbocycles. The molecule has 0 aliphatic rings. The summed E-state index contributed by atoms with van der Waals surface area (Å²) >= 11 is 8.67. The number of benzene rings is 1. The van der Waals surface area contributed by atoms with E-state index in [9.17, 15) is 13.2 Å². The Morgan fingerprint density at radius 1 is 1.25 bits per heavy atom. The molecule has 106 valence electrons. The third-order valence-electron chi connectivity index (χ3n) is 2.04. The second kappa shape index (κ2) is 5.84. The van der Waals surface area contributed by atoms with Crippen LogP contribution in [0.25, 0.3) is 0 Å². The minimum atomic E-state index is -4.74. The SMILES string of the molecule is FC(F)(F)Oc1ccc(Nc2cncc(Cl)n2)cc1Br. The van der Waals surface area contributed by atoms with Gasteiger partial charge in [0.1, 0.15) is 10.9 Å². The van der Waals surface area contributed by atoms with Gasteiger partial charge >= 0.3 is 6.36 Å². The maximum Gasteiger partial charge on any atom is 0.573 e. The first-order valence-electron chi connectivity index (χ1n) is 5.13. The highest BCUT2D eigenvalue weighted by Gasteiger charge is 2.31. The van der Waals surface area contributed by atoms with Crippen molar-refractivity contribution < 1.29 is 17.9 Å². The van der Waals surface area contributed by atoms with E-state index in [1.165, 1.54) is 30.6 Å². The molecule has 0 saturated carbocycles. The van der Waals surface area contributed by atoms with Gasteiger partial charge in [-0.15, -0.1) is 13.2 Å². The van der Waals surface area contributed by atoms with Crippen LogP contribution in [0.1, 0.15) is 0 Å². The Labute approximate surface area is 125 Å². The van der Waals surface area contributed by atoms with Gasteiger partial charge in [0.15, 0.2) is 5.82 Å². The van der Waals surface area contributed by atoms with Crippen molar-refractivity contribution in [1.29, 1.82) is 0 Å². The number of hydrogen-bond acceptors (Lipinski definition) is 4. The summed E-state index contributed by atoms with van der Waals surface area (Å²) < 4.78 is 40.3. The minimum absolute atomic E-state index is 0.148. The number of nitrogens with zero attached hydrogens (tertiary/aromatic N) is 2. The lowest BCUT2D eigenvalue weighted by Crippen LogP contribution is -2.17. The number of anilines is 2. The molecule has 1 heterocycles. The van der Waals surface area contributed by atoms with Crippen molar-refractivity contribution in [2.75, 3.05) is 5.32 Å². The van der Waals surface area contributed by atoms with Gasteiger partial charge in [0, 0.05) is 5.69 Å². The van der Waals surface area contributed by atoms with Gasteiger partial charge in [-0.05, 0) is 34.1 Å². The average molecular weight is 369 g/mol. The molecule has 0 aliphatic heterocycles. The van der Waals surface area contributed by atoms with Gasteiger partial charge in [0.25, 0.3) is 0 Å². The van der Waals surface area contributed by atoms with Gasteiger partial charge in [-0.25, -0.2) is 4.98 Å². The van der Waals surface area contributed by atoms with Crippen molar-refractivity contribution in [2.45, 2.75) is 6.36 Å². The lowest BCUT2D eigenvalue weighted by atomic mass is 10.3. The standard InChI is InChI=1S/C11H6BrClF3N3O/c12-7-3-6(1-2-8(7)20-11(14,15)16)18-10-5-17-4-9(13)19-10/h1-5H,(H,18,19). The second-order valence-corrected chi connectivity index (χ2v) is 4.79. The molecule has 0 spiro atoms. The molecule has 0 fully saturated rings. The van der Waals surface area contributed by atoms with E-state index in [0.717, 1.165) is 0 Å². The van der Waals surface area contributed by atoms with Crippen LogP contribution in [0.4, 0.5) is 24.7 Å². The summed E-state index contributed by atoms with van der Waals surface area (Å²) in [4.78, 5) is 7.77. The third kappa shape index (κ3) is 4.24. The van der Waals surface area contributed by atoms with Gasteiger partial charge in [-0.2, -0.15) is 0 Å². The first kappa shape index (κ1) is 14.9. The molecule has 0 atom stereocenters. The molecule has 1 aromatic heterocycles. The largest absolute Gasteiger partial charge is 0.573 e. The van der Waals surface area contributed by atoms with Crippen molar-refractivity contribution in [3.63, 3.8) is 0 Å². The van der Waals surface area contributed by atoms with E-state index in [1.807, 2.05) is 0 Å². The molecule has 0 saturated heterocycles. The smallest absolute Gasteiger partial charge is 0.405 e. The van der Waals surface area contributed by atoms with Gasteiger partial charge in [-0.1, -0.05) is 11.6 Å². The molecular weight excluding hydrogens is 362 g/mol. The van der Waals surface area contributed by atoms with Gasteiger partial charge in [0.05, 0.1) is 16.9 Å². The maximum absolute atomic E-state index is 12.1. The first-order chi connectivity index (χ1) is 9.33. The molecule has 2 aromatic rings. The van der Waals surface area contributed by atoms with E-state index in [1.54, 1.807) is 0 Å². The van der Waals surface area contributed by atoms with Crippen molar-refractivity contribution in [3.05, 3.63) is 40.2 Å². The van der Waals surface area contributed by atoms with Gasteiger partial charge in [0.2, 0.25) is 0 Å². The fourth-order valence-electron chi connectivity index (χ4n) is 1.34. The van der Waals surface area contributed by atoms with Crippen molar-refractivity contribution in [1.82, 2.24) is 9.97 Å². The topological polar surface area (TPSA) is 47.0 Å². The number of halogens is 5. The Morgan fingerprint density at radius 3 is 2.60 bits per heavy atom. The van der Waals surface area contributed by atoms with Crippen molar-refractivity contribution in [3.8, 4) is 5.75 Å². The van der Waals surface area contributed by atoms with Crippen LogP contribution in [0.2, 0.25) is 5.15 Å². The number of nitrogens with one attached hydrogen (secondary N) is 1. The van der Waals surface area contributed by atoms with Gasteiger partial charge < -0.3 is 10.1 Å². The summed E-state index contributed by atoms with van der Waals surface area (Å²) in [7, 11) is 0. The molecule has 1 aromatic carbocycles. The molecule has 9 heteroatoms. The summed E-state index contributed by atoms with van der Waals surface area (Å²) in [5, 5.41) is 3.05. The van der Waals surface area contributed by atoms with Crippen LogP contribution >= 0.6 is 27.5 Å². The van der Waals surface area contributed by atoms with E-state index >= 15 is 0 Å². The number of alkyl halides is 3. The number of rotatable bonds is 3. The number of ether oxygens (including phenoxy) is 1. The number of hydrogen-bond donors (Lipinski definition) is 1. The van der Waals surface area contributed by atoms with Crippen LogP contribution in [0.5, 0.6) is 5.75 Å². The normalized spacial score (nSPS) is 11.2. The number of aromatic nitrogens is 2. The monoisotopic (exact) mass is 367 g/mol. The fraction of sp³-hybridized carbons (Fsp3) is 0.0909. The van der Waals surface area contributed by atoms with Crippen LogP contribution in [-0.2, 0) is 0 Å². The summed E-state index contributed by atoms with van der Waals surface area (Å²) in [5.74, 6) is 0.0362. The quantitative estimate of drug-likeness (QED) is 0.864. The van der Waals surface area contributed by atoms with Crippen LogP contribution in [0, 0.1) is 0 Å². The Kier molecular flexibility index (Phi) is 4.34. The summed E-state index contributed by atoms with van der Waals surface area (Å²) in [6.45, 7) is 0. The highest BCUT2D eigenvalue weighted by molar-refractivity contribution is 9.10. The zero-order chi connectivity index (χ0) is 14.8. The predicted octanol–water partition coefficient (Wildman–Crippen LogP) is 4.53. The van der Waals surface area contributed by atoms with E-state index in [4.69, 9.17) is 11.6 Å². The van der Waals surface area contributed by atoms with Crippen LogP contribution in [-0.4, -0.2) is 16.3 Å². The molecule has 0 unspecified atom stereocenters. The Hall–Kier alpha value is -1.54. The van der Waals surface area contributed by atoms with E-state index in [-0.39, 0.29) is 15.4 Å². The van der Waals surface area contributed by atoms with E-state index in [0.29, 0.717) is 11.5 Å². The molecule has 0 bridgehead atoms. The summed E-state index contributed by atoms with van der Waals surface area (Å²) in [6.07, 6.45) is -1.95. The third-order valence-corrected chi connectivity index (χ3v) is 2.84. The molecular formula is C11H6BrClF3N3O. The molecule has 0 amide bonds. The van der Waals surface area contributed by atoms with E-state index in [2.05, 4.69) is 36.0 Å². The Morgan fingerprint density at radius 2 is 2.00 bits per heavy atom. The Bertz CT molecular complexity index is 624. The van der Waals surface area contributed by atoms with Crippen molar-refractivity contribution in [2.24, 2.45) is 0 Å². The molecule has 2 rings (SSSR count). The summed E-state index contributed by atoms with van der Waals surface area (Å²) in [5.41, 5.74) is 0.503. The van der Waals surface area contributed by atoms with Gasteiger partial charge in [-0.3, -0.25) is 4.98 Å². The lowest BCUT2D eigenvalue weighted by molar-refractivity contribution is -0.274. The molecule has 0 radical (unpaired) electrons. The molecule has 1 N–H and O–H groups in total. The predicted molar refractivity (Wildman–Crippen MR) is 71.1 cm³/mol. The maximum atomic E-state index is 12.1. The summed E-state index contributed by atoms with van der Waals surface area (Å²) in [6, 6.07) is 4.01. The fourth-order valence-corrected chi connectivity index (χ4v) is 1.94. The van der Waals surface area contributed by atoms with Crippen LogP contribution in [0.3, 0.4) is 0 Å².